The summed E-state index contributed by atoms with van der Waals surface area (Å²) in [7, 11) is 0. The molecule has 3 heterocycles. The van der Waals surface area contributed by atoms with Gasteiger partial charge in [0.2, 0.25) is 5.82 Å². The van der Waals surface area contributed by atoms with Crippen molar-refractivity contribution in [3.8, 4) is 28.8 Å². The van der Waals surface area contributed by atoms with Crippen molar-refractivity contribution in [3.63, 3.8) is 0 Å². The van der Waals surface area contributed by atoms with Gasteiger partial charge < -0.3 is 10.8 Å². The molecule has 0 radical (unpaired) electrons. The zero-order valence-corrected chi connectivity index (χ0v) is 14.4. The van der Waals surface area contributed by atoms with Crippen LogP contribution in [0.1, 0.15) is 40.4 Å². The van der Waals surface area contributed by atoms with Gasteiger partial charge in [-0.3, -0.25) is 19.4 Å². The van der Waals surface area contributed by atoms with Gasteiger partial charge in [-0.2, -0.15) is 10.2 Å². The smallest absolute Gasteiger partial charge is 0.267 e. The molecule has 0 bridgehead atoms. The Balaban J connectivity index is 2.11. The van der Waals surface area contributed by atoms with Crippen molar-refractivity contribution in [2.75, 3.05) is 0 Å². The van der Waals surface area contributed by atoms with E-state index in [4.69, 9.17) is 5.73 Å². The number of primary amides is 1. The third kappa shape index (κ3) is 2.92. The monoisotopic (exact) mass is 355 g/mol. The van der Waals surface area contributed by atoms with Gasteiger partial charge >= 0.3 is 0 Å². The SMILES string of the molecule is CCn1nc(C)c(O)c1-c1n[nH]c(-c2cc(C(C)=O)cc(C(N)=O)n2)n1. The van der Waals surface area contributed by atoms with Crippen molar-refractivity contribution < 1.29 is 14.7 Å². The molecule has 0 saturated carbocycles. The van der Waals surface area contributed by atoms with Gasteiger partial charge in [0.15, 0.2) is 17.4 Å². The summed E-state index contributed by atoms with van der Waals surface area (Å²) in [6.07, 6.45) is 0. The number of nitrogens with two attached hydrogens (primary N) is 1. The Hall–Kier alpha value is -3.56. The lowest BCUT2D eigenvalue weighted by atomic mass is 10.1. The average Bonchev–Trinajstić information content (AvgIpc) is 3.19. The Morgan fingerprint density at radius 1 is 1.31 bits per heavy atom. The van der Waals surface area contributed by atoms with E-state index in [1.54, 1.807) is 11.6 Å². The van der Waals surface area contributed by atoms with E-state index in [1.165, 1.54) is 19.1 Å². The van der Waals surface area contributed by atoms with E-state index in [0.29, 0.717) is 17.9 Å². The number of aryl methyl sites for hydroxylation is 2. The normalized spacial score (nSPS) is 10.9. The highest BCUT2D eigenvalue weighted by Gasteiger charge is 2.21. The maximum absolute atomic E-state index is 11.7. The maximum atomic E-state index is 11.7. The number of rotatable bonds is 5. The summed E-state index contributed by atoms with van der Waals surface area (Å²) in [5.41, 5.74) is 6.57. The standard InChI is InChI=1S/C16H17N7O3/c1-4-23-12(13(25)7(2)22-23)16-19-15(20-21-16)11-6-9(8(3)24)5-10(18-11)14(17)26/h5-6,25H,4H2,1-3H3,(H2,17,26)(H,19,20,21). The molecule has 0 aliphatic rings. The van der Waals surface area contributed by atoms with Gasteiger partial charge in [0.25, 0.3) is 5.91 Å². The van der Waals surface area contributed by atoms with Crippen LogP contribution in [0.5, 0.6) is 5.75 Å². The predicted molar refractivity (Wildman–Crippen MR) is 91.4 cm³/mol. The topological polar surface area (TPSA) is 153 Å². The molecule has 10 nitrogen and oxygen atoms in total. The molecule has 1 amide bonds. The summed E-state index contributed by atoms with van der Waals surface area (Å²) in [5.74, 6) is -0.567. The van der Waals surface area contributed by atoms with E-state index in [9.17, 15) is 14.7 Å². The average molecular weight is 355 g/mol. The summed E-state index contributed by atoms with van der Waals surface area (Å²) in [4.78, 5) is 31.6. The Kier molecular flexibility index (Phi) is 4.24. The lowest BCUT2D eigenvalue weighted by molar-refractivity contribution is 0.0995. The molecule has 134 valence electrons. The fourth-order valence-corrected chi connectivity index (χ4v) is 2.49. The Morgan fingerprint density at radius 2 is 2.04 bits per heavy atom. The molecule has 26 heavy (non-hydrogen) atoms. The van der Waals surface area contributed by atoms with Crippen LogP contribution in [-0.4, -0.2) is 46.7 Å². The van der Waals surface area contributed by atoms with Crippen LogP contribution in [0.3, 0.4) is 0 Å². The number of carbonyl (C=O) groups is 2. The zero-order valence-electron chi connectivity index (χ0n) is 14.4. The second kappa shape index (κ2) is 6.39. The van der Waals surface area contributed by atoms with Crippen molar-refractivity contribution in [2.24, 2.45) is 5.73 Å². The fraction of sp³-hybridized carbons (Fsp3) is 0.250. The Bertz CT molecular complexity index is 987. The fourth-order valence-electron chi connectivity index (χ4n) is 2.49. The number of nitrogens with zero attached hydrogens (tertiary/aromatic N) is 5. The van der Waals surface area contributed by atoms with Gasteiger partial charge in [-0.15, -0.1) is 0 Å². The molecule has 0 aliphatic carbocycles. The molecule has 3 aromatic heterocycles. The van der Waals surface area contributed by atoms with Crippen LogP contribution in [0.25, 0.3) is 23.0 Å². The highest BCUT2D eigenvalue weighted by Crippen LogP contribution is 2.30. The van der Waals surface area contributed by atoms with Crippen molar-refractivity contribution in [2.45, 2.75) is 27.3 Å². The number of aromatic hydroxyl groups is 1. The number of nitrogens with one attached hydrogen (secondary N) is 1. The number of H-pyrrole nitrogens is 1. The second-order valence-electron chi connectivity index (χ2n) is 5.65. The summed E-state index contributed by atoms with van der Waals surface area (Å²) in [6.45, 7) is 5.44. The van der Waals surface area contributed by atoms with Crippen molar-refractivity contribution in [3.05, 3.63) is 29.1 Å². The summed E-state index contributed by atoms with van der Waals surface area (Å²) < 4.78 is 1.58. The summed E-state index contributed by atoms with van der Waals surface area (Å²) in [6, 6.07) is 2.81. The number of hydrogen-bond acceptors (Lipinski definition) is 7. The maximum Gasteiger partial charge on any atom is 0.267 e. The third-order valence-corrected chi connectivity index (χ3v) is 3.82. The first-order valence-corrected chi connectivity index (χ1v) is 7.84. The molecule has 0 fully saturated rings. The summed E-state index contributed by atoms with van der Waals surface area (Å²) in [5, 5.41) is 21.2. The minimum absolute atomic E-state index is 0.0133. The second-order valence-corrected chi connectivity index (χ2v) is 5.65. The molecule has 0 aliphatic heterocycles. The molecule has 0 atom stereocenters. The largest absolute Gasteiger partial charge is 0.504 e. The highest BCUT2D eigenvalue weighted by atomic mass is 16.3. The first-order valence-electron chi connectivity index (χ1n) is 7.84. The molecular weight excluding hydrogens is 338 g/mol. The van der Waals surface area contributed by atoms with Crippen LogP contribution < -0.4 is 5.73 Å². The van der Waals surface area contributed by atoms with Gasteiger partial charge in [-0.05, 0) is 32.9 Å². The van der Waals surface area contributed by atoms with E-state index in [1.807, 2.05) is 6.92 Å². The quantitative estimate of drug-likeness (QED) is 0.578. The highest BCUT2D eigenvalue weighted by molar-refractivity contribution is 5.99. The summed E-state index contributed by atoms with van der Waals surface area (Å²) >= 11 is 0. The molecule has 4 N–H and O–H groups in total. The predicted octanol–water partition coefficient (Wildman–Crippen LogP) is 1.07. The number of amides is 1. The first kappa shape index (κ1) is 17.3. The molecule has 10 heteroatoms. The van der Waals surface area contributed by atoms with E-state index >= 15 is 0 Å². The number of aromatic amines is 1. The number of carbonyl (C=O) groups excluding carboxylic acids is 2. The zero-order chi connectivity index (χ0) is 19.0. The van der Waals surface area contributed by atoms with Crippen LogP contribution in [0.2, 0.25) is 0 Å². The van der Waals surface area contributed by atoms with E-state index < -0.39 is 5.91 Å². The van der Waals surface area contributed by atoms with Crippen molar-refractivity contribution in [1.82, 2.24) is 29.9 Å². The van der Waals surface area contributed by atoms with Gasteiger partial charge in [-0.1, -0.05) is 0 Å². The lowest BCUT2D eigenvalue weighted by Gasteiger charge is -2.03. The van der Waals surface area contributed by atoms with Gasteiger partial charge in [0.1, 0.15) is 22.8 Å². The van der Waals surface area contributed by atoms with E-state index in [2.05, 4.69) is 25.3 Å². The van der Waals surface area contributed by atoms with Gasteiger partial charge in [0, 0.05) is 12.1 Å². The van der Waals surface area contributed by atoms with Crippen LogP contribution >= 0.6 is 0 Å². The molecule has 0 unspecified atom stereocenters. The van der Waals surface area contributed by atoms with Crippen LogP contribution in [-0.2, 0) is 6.54 Å². The van der Waals surface area contributed by atoms with Crippen LogP contribution in [0.15, 0.2) is 12.1 Å². The van der Waals surface area contributed by atoms with Gasteiger partial charge in [0.05, 0.1) is 0 Å². The lowest BCUT2D eigenvalue weighted by Crippen LogP contribution is -2.14. The number of Topliss-reactive ketones (excluding diaryl/α,β-unsaturated/α-hetero) is 1. The van der Waals surface area contributed by atoms with Crippen LogP contribution in [0, 0.1) is 6.92 Å². The van der Waals surface area contributed by atoms with Gasteiger partial charge in [-0.25, -0.2) is 9.97 Å². The van der Waals surface area contributed by atoms with Crippen LogP contribution in [0.4, 0.5) is 0 Å². The molecule has 0 saturated heterocycles. The molecule has 3 rings (SSSR count). The van der Waals surface area contributed by atoms with E-state index in [-0.39, 0.29) is 40.1 Å². The first-order chi connectivity index (χ1) is 12.3. The number of aromatic nitrogens is 6. The number of hydrogen-bond donors (Lipinski definition) is 3. The minimum Gasteiger partial charge on any atom is -0.504 e. The molecule has 0 aromatic carbocycles. The number of pyridine rings is 1. The molecule has 0 spiro atoms. The minimum atomic E-state index is -0.758. The molecular formula is C16H17N7O3. The third-order valence-electron chi connectivity index (χ3n) is 3.82. The Labute approximate surface area is 148 Å². The Morgan fingerprint density at radius 3 is 2.65 bits per heavy atom. The van der Waals surface area contributed by atoms with E-state index in [0.717, 1.165) is 0 Å². The van der Waals surface area contributed by atoms with Crippen molar-refractivity contribution in [1.29, 1.82) is 0 Å². The number of ketones is 1. The van der Waals surface area contributed by atoms with Crippen molar-refractivity contribution >= 4 is 11.7 Å². The molecule has 3 aromatic rings.